The fraction of sp³-hybridized carbons (Fsp3) is 0.462. The van der Waals surface area contributed by atoms with Gasteiger partial charge >= 0.3 is 0 Å². The second kappa shape index (κ2) is 7.67. The van der Waals surface area contributed by atoms with Crippen LogP contribution in [0.25, 0.3) is 0 Å². The second-order valence-electron chi connectivity index (χ2n) is 4.22. The van der Waals surface area contributed by atoms with Crippen molar-refractivity contribution in [1.29, 1.82) is 0 Å². The third-order valence-electron chi connectivity index (χ3n) is 2.96. The third kappa shape index (κ3) is 4.19. The molecule has 0 radical (unpaired) electrons. The van der Waals surface area contributed by atoms with E-state index in [-0.39, 0.29) is 24.4 Å². The highest BCUT2D eigenvalue weighted by atomic mass is 35.5. The van der Waals surface area contributed by atoms with Gasteiger partial charge in [-0.05, 0) is 43.8 Å². The molecule has 1 saturated heterocycles. The van der Waals surface area contributed by atoms with Gasteiger partial charge in [-0.15, -0.1) is 24.2 Å². The lowest BCUT2D eigenvalue weighted by atomic mass is 10.0. The van der Waals surface area contributed by atoms with Gasteiger partial charge in [-0.25, -0.2) is 0 Å². The molecule has 2 rings (SSSR count). The Labute approximate surface area is 119 Å². The predicted molar refractivity (Wildman–Crippen MR) is 79.7 cm³/mol. The zero-order valence-corrected chi connectivity index (χ0v) is 12.1. The van der Waals surface area contributed by atoms with Gasteiger partial charge in [0.2, 0.25) is 5.91 Å². The number of carbonyl (C=O) groups is 1. The molecule has 18 heavy (non-hydrogen) atoms. The Morgan fingerprint density at radius 2 is 2.28 bits per heavy atom. The third-order valence-corrected chi connectivity index (χ3v) is 3.69. The fourth-order valence-corrected chi connectivity index (χ4v) is 2.47. The van der Waals surface area contributed by atoms with Gasteiger partial charge < -0.3 is 10.6 Å². The molecule has 1 atom stereocenters. The van der Waals surface area contributed by atoms with Crippen molar-refractivity contribution in [2.24, 2.45) is 0 Å². The molecule has 100 valence electrons. The Bertz CT molecular complexity index is 394. The molecule has 0 bridgehead atoms. The van der Waals surface area contributed by atoms with E-state index < -0.39 is 0 Å². The second-order valence-corrected chi connectivity index (χ2v) is 5.10. The highest BCUT2D eigenvalue weighted by Crippen LogP contribution is 2.19. The molecule has 0 spiro atoms. The summed E-state index contributed by atoms with van der Waals surface area (Å²) in [6.07, 6.45) is 5.28. The molecule has 1 aliphatic rings. The predicted octanol–water partition coefficient (Wildman–Crippen LogP) is 2.91. The maximum absolute atomic E-state index is 12.0. The van der Waals surface area contributed by atoms with Crippen molar-refractivity contribution in [2.45, 2.75) is 30.2 Å². The van der Waals surface area contributed by atoms with Crippen molar-refractivity contribution in [3.8, 4) is 0 Å². The lowest BCUT2D eigenvalue weighted by Gasteiger charge is -2.22. The summed E-state index contributed by atoms with van der Waals surface area (Å²) < 4.78 is 0. The maximum atomic E-state index is 12.0. The van der Waals surface area contributed by atoms with E-state index in [1.54, 1.807) is 11.8 Å². The van der Waals surface area contributed by atoms with Gasteiger partial charge in [0.25, 0.3) is 0 Å². The molecule has 0 unspecified atom stereocenters. The van der Waals surface area contributed by atoms with E-state index in [0.29, 0.717) is 0 Å². The Balaban J connectivity index is 0.00000162. The number of anilines is 1. The Hall–Kier alpha value is -0.710. The molecule has 1 aliphatic heterocycles. The highest BCUT2D eigenvalue weighted by Gasteiger charge is 2.20. The minimum Gasteiger partial charge on any atom is -0.325 e. The molecular weight excluding hydrogens is 268 g/mol. The Morgan fingerprint density at radius 3 is 2.94 bits per heavy atom. The van der Waals surface area contributed by atoms with Crippen LogP contribution in [0.4, 0.5) is 5.69 Å². The molecule has 5 heteroatoms. The zero-order chi connectivity index (χ0) is 12.1. The van der Waals surface area contributed by atoms with Gasteiger partial charge in [0, 0.05) is 10.6 Å². The van der Waals surface area contributed by atoms with Gasteiger partial charge in [0.15, 0.2) is 0 Å². The van der Waals surface area contributed by atoms with Crippen LogP contribution in [0.3, 0.4) is 0 Å². The van der Waals surface area contributed by atoms with E-state index in [4.69, 9.17) is 0 Å². The maximum Gasteiger partial charge on any atom is 0.241 e. The number of piperidine rings is 1. The average molecular weight is 287 g/mol. The molecule has 1 aromatic carbocycles. The number of hydrogen-bond donors (Lipinski definition) is 2. The zero-order valence-electron chi connectivity index (χ0n) is 10.4. The molecule has 1 fully saturated rings. The summed E-state index contributed by atoms with van der Waals surface area (Å²) in [5.41, 5.74) is 0.884. The molecule has 2 N–H and O–H groups in total. The van der Waals surface area contributed by atoms with E-state index in [2.05, 4.69) is 10.6 Å². The van der Waals surface area contributed by atoms with E-state index in [1.165, 1.54) is 11.3 Å². The van der Waals surface area contributed by atoms with Crippen molar-refractivity contribution in [2.75, 3.05) is 18.1 Å². The van der Waals surface area contributed by atoms with E-state index in [1.807, 2.05) is 30.5 Å². The molecule has 1 amide bonds. The van der Waals surface area contributed by atoms with Crippen LogP contribution >= 0.6 is 24.2 Å². The number of amides is 1. The van der Waals surface area contributed by atoms with Gasteiger partial charge in [-0.1, -0.05) is 12.5 Å². The standard InChI is InChI=1S/C13H18N2OS.ClH/c1-17-11-6-4-5-10(9-11)15-13(16)12-7-2-3-8-14-12;/h4-6,9,12,14H,2-3,7-8H2,1H3,(H,15,16);1H/t12-;/m0./s1. The quantitative estimate of drug-likeness (QED) is 0.840. The number of hydrogen-bond acceptors (Lipinski definition) is 3. The summed E-state index contributed by atoms with van der Waals surface area (Å²) in [6.45, 7) is 0.947. The molecule has 0 saturated carbocycles. The lowest BCUT2D eigenvalue weighted by molar-refractivity contribution is -0.118. The lowest BCUT2D eigenvalue weighted by Crippen LogP contribution is -2.43. The van der Waals surface area contributed by atoms with Gasteiger partial charge in [0.1, 0.15) is 0 Å². The summed E-state index contributed by atoms with van der Waals surface area (Å²) in [6, 6.07) is 7.92. The van der Waals surface area contributed by atoms with Crippen LogP contribution < -0.4 is 10.6 Å². The minimum atomic E-state index is -0.0262. The molecule has 1 heterocycles. The normalized spacial score (nSPS) is 18.8. The van der Waals surface area contributed by atoms with Crippen LogP contribution in [-0.2, 0) is 4.79 Å². The number of benzene rings is 1. The smallest absolute Gasteiger partial charge is 0.241 e. The summed E-state index contributed by atoms with van der Waals surface area (Å²) in [7, 11) is 0. The van der Waals surface area contributed by atoms with E-state index in [0.717, 1.165) is 25.1 Å². The first-order valence-electron chi connectivity index (χ1n) is 5.98. The van der Waals surface area contributed by atoms with Crippen molar-refractivity contribution in [3.05, 3.63) is 24.3 Å². The molecule has 3 nitrogen and oxygen atoms in total. The fourth-order valence-electron chi connectivity index (χ4n) is 2.01. The number of nitrogens with one attached hydrogen (secondary N) is 2. The Kier molecular flexibility index (Phi) is 6.54. The summed E-state index contributed by atoms with van der Waals surface area (Å²) >= 11 is 1.68. The van der Waals surface area contributed by atoms with Crippen LogP contribution in [0.1, 0.15) is 19.3 Å². The first-order valence-corrected chi connectivity index (χ1v) is 7.20. The van der Waals surface area contributed by atoms with Gasteiger partial charge in [-0.2, -0.15) is 0 Å². The first-order chi connectivity index (χ1) is 8.29. The molecule has 1 aromatic rings. The Morgan fingerprint density at radius 1 is 1.44 bits per heavy atom. The summed E-state index contributed by atoms with van der Waals surface area (Å²) in [5, 5.41) is 6.22. The first kappa shape index (κ1) is 15.3. The van der Waals surface area contributed by atoms with Crippen LogP contribution in [0.5, 0.6) is 0 Å². The topological polar surface area (TPSA) is 41.1 Å². The van der Waals surface area contributed by atoms with Crippen molar-refractivity contribution >= 4 is 35.8 Å². The highest BCUT2D eigenvalue weighted by molar-refractivity contribution is 7.98. The molecular formula is C13H19ClN2OS. The number of thioether (sulfide) groups is 1. The van der Waals surface area contributed by atoms with Crippen LogP contribution in [0, 0.1) is 0 Å². The van der Waals surface area contributed by atoms with Crippen molar-refractivity contribution < 1.29 is 4.79 Å². The number of carbonyl (C=O) groups excluding carboxylic acids is 1. The van der Waals surface area contributed by atoms with E-state index >= 15 is 0 Å². The SMILES string of the molecule is CSc1cccc(NC(=O)[C@@H]2CCCCN2)c1.Cl. The van der Waals surface area contributed by atoms with Gasteiger partial charge in [-0.3, -0.25) is 4.79 Å². The van der Waals surface area contributed by atoms with Crippen LogP contribution in [0.15, 0.2) is 29.2 Å². The molecule has 0 aromatic heterocycles. The largest absolute Gasteiger partial charge is 0.325 e. The monoisotopic (exact) mass is 286 g/mol. The summed E-state index contributed by atoms with van der Waals surface area (Å²) in [4.78, 5) is 13.2. The molecule has 0 aliphatic carbocycles. The number of rotatable bonds is 3. The number of halogens is 1. The van der Waals surface area contributed by atoms with Crippen LogP contribution in [-0.4, -0.2) is 24.7 Å². The summed E-state index contributed by atoms with van der Waals surface area (Å²) in [5.74, 6) is 0.0861. The van der Waals surface area contributed by atoms with Crippen LogP contribution in [0.2, 0.25) is 0 Å². The van der Waals surface area contributed by atoms with Crippen molar-refractivity contribution in [1.82, 2.24) is 5.32 Å². The minimum absolute atomic E-state index is 0. The van der Waals surface area contributed by atoms with E-state index in [9.17, 15) is 4.79 Å². The average Bonchev–Trinajstić information content (AvgIpc) is 2.40. The van der Waals surface area contributed by atoms with Crippen molar-refractivity contribution in [3.63, 3.8) is 0 Å². The van der Waals surface area contributed by atoms with Gasteiger partial charge in [0.05, 0.1) is 6.04 Å².